The third-order valence-electron chi connectivity index (χ3n) is 4.24. The summed E-state index contributed by atoms with van der Waals surface area (Å²) < 4.78 is 14.7. The smallest absolute Gasteiger partial charge is 0.126 e. The third-order valence-corrected chi connectivity index (χ3v) is 4.73. The lowest BCUT2D eigenvalue weighted by Gasteiger charge is -2.33. The summed E-state index contributed by atoms with van der Waals surface area (Å²) in [5.41, 5.74) is 0.718. The summed E-state index contributed by atoms with van der Waals surface area (Å²) in [6, 6.07) is 5.06. The SMILES string of the molecule is CCCC1CCC(O)C(Cc2cc(Br)ccc2F)C1. The standard InChI is InChI=1S/C16H22BrFO/c1-2-3-11-4-7-16(19)13(8-11)9-12-10-14(17)5-6-15(12)18/h5-6,10-11,13,16,19H,2-4,7-9H2,1H3. The molecule has 2 rings (SSSR count). The second-order valence-corrected chi connectivity index (χ2v) is 6.65. The molecule has 3 unspecified atom stereocenters. The fourth-order valence-corrected chi connectivity index (χ4v) is 3.63. The third kappa shape index (κ3) is 4.03. The molecular formula is C16H22BrFO. The largest absolute Gasteiger partial charge is 0.393 e. The summed E-state index contributed by atoms with van der Waals surface area (Å²) in [5.74, 6) is 0.746. The normalized spacial score (nSPS) is 27.5. The first kappa shape index (κ1) is 15.0. The van der Waals surface area contributed by atoms with Crippen molar-refractivity contribution in [3.05, 3.63) is 34.1 Å². The summed E-state index contributed by atoms with van der Waals surface area (Å²) in [7, 11) is 0. The average Bonchev–Trinajstić information content (AvgIpc) is 2.38. The molecule has 1 aromatic rings. The number of hydrogen-bond acceptors (Lipinski definition) is 1. The Morgan fingerprint density at radius 2 is 2.16 bits per heavy atom. The van der Waals surface area contributed by atoms with Crippen LogP contribution in [-0.4, -0.2) is 11.2 Å². The predicted molar refractivity (Wildman–Crippen MR) is 79.5 cm³/mol. The van der Waals surface area contributed by atoms with Gasteiger partial charge in [0.05, 0.1) is 6.10 Å². The van der Waals surface area contributed by atoms with Crippen LogP contribution in [0, 0.1) is 17.7 Å². The van der Waals surface area contributed by atoms with Gasteiger partial charge in [0.15, 0.2) is 0 Å². The van der Waals surface area contributed by atoms with Crippen LogP contribution in [0.2, 0.25) is 0 Å². The molecule has 0 spiro atoms. The van der Waals surface area contributed by atoms with Crippen molar-refractivity contribution in [1.82, 2.24) is 0 Å². The number of aliphatic hydroxyl groups is 1. The first-order chi connectivity index (χ1) is 9.10. The van der Waals surface area contributed by atoms with Crippen LogP contribution in [0.25, 0.3) is 0 Å². The molecular weight excluding hydrogens is 307 g/mol. The van der Waals surface area contributed by atoms with Crippen LogP contribution >= 0.6 is 15.9 Å². The van der Waals surface area contributed by atoms with Gasteiger partial charge in [0.1, 0.15) is 5.82 Å². The van der Waals surface area contributed by atoms with E-state index < -0.39 is 0 Å². The van der Waals surface area contributed by atoms with Crippen LogP contribution in [-0.2, 0) is 6.42 Å². The zero-order valence-electron chi connectivity index (χ0n) is 11.4. The Labute approximate surface area is 123 Å². The molecule has 0 heterocycles. The van der Waals surface area contributed by atoms with Gasteiger partial charge >= 0.3 is 0 Å². The predicted octanol–water partition coefficient (Wildman–Crippen LogP) is 4.71. The van der Waals surface area contributed by atoms with Gasteiger partial charge in [0.25, 0.3) is 0 Å². The average molecular weight is 329 g/mol. The second kappa shape index (κ2) is 6.85. The van der Waals surface area contributed by atoms with Gasteiger partial charge in [-0.15, -0.1) is 0 Å². The van der Waals surface area contributed by atoms with E-state index in [4.69, 9.17) is 0 Å². The van der Waals surface area contributed by atoms with Crippen LogP contribution in [0.3, 0.4) is 0 Å². The number of hydrogen-bond donors (Lipinski definition) is 1. The molecule has 19 heavy (non-hydrogen) atoms. The molecule has 3 heteroatoms. The Balaban J connectivity index is 2.05. The highest BCUT2D eigenvalue weighted by atomic mass is 79.9. The highest BCUT2D eigenvalue weighted by Crippen LogP contribution is 2.34. The van der Waals surface area contributed by atoms with Gasteiger partial charge in [-0.05, 0) is 61.3 Å². The zero-order valence-corrected chi connectivity index (χ0v) is 13.0. The topological polar surface area (TPSA) is 20.2 Å². The van der Waals surface area contributed by atoms with Crippen molar-refractivity contribution in [3.8, 4) is 0 Å². The van der Waals surface area contributed by atoms with Crippen molar-refractivity contribution in [1.29, 1.82) is 0 Å². The monoisotopic (exact) mass is 328 g/mol. The van der Waals surface area contributed by atoms with Crippen LogP contribution in [0.5, 0.6) is 0 Å². The second-order valence-electron chi connectivity index (χ2n) is 5.74. The van der Waals surface area contributed by atoms with E-state index in [1.165, 1.54) is 18.9 Å². The molecule has 0 saturated heterocycles. The van der Waals surface area contributed by atoms with Gasteiger partial charge in [-0.25, -0.2) is 4.39 Å². The number of halogens is 2. The van der Waals surface area contributed by atoms with Gasteiger partial charge in [-0.3, -0.25) is 0 Å². The van der Waals surface area contributed by atoms with E-state index in [1.807, 2.05) is 6.07 Å². The van der Waals surface area contributed by atoms with Crippen molar-refractivity contribution in [3.63, 3.8) is 0 Å². The molecule has 0 aromatic heterocycles. The lowest BCUT2D eigenvalue weighted by atomic mass is 9.75. The molecule has 1 aliphatic carbocycles. The molecule has 0 amide bonds. The van der Waals surface area contributed by atoms with Crippen molar-refractivity contribution in [2.24, 2.45) is 11.8 Å². The highest BCUT2D eigenvalue weighted by Gasteiger charge is 2.29. The molecule has 1 fully saturated rings. The summed E-state index contributed by atoms with van der Waals surface area (Å²) in [4.78, 5) is 0. The van der Waals surface area contributed by atoms with Crippen LogP contribution < -0.4 is 0 Å². The summed E-state index contributed by atoms with van der Waals surface area (Å²) >= 11 is 3.38. The van der Waals surface area contributed by atoms with Crippen LogP contribution in [0.4, 0.5) is 4.39 Å². The molecule has 1 saturated carbocycles. The number of rotatable bonds is 4. The van der Waals surface area contributed by atoms with Gasteiger partial charge < -0.3 is 5.11 Å². The Bertz CT molecular complexity index is 421. The maximum absolute atomic E-state index is 13.8. The van der Waals surface area contributed by atoms with Crippen molar-refractivity contribution >= 4 is 15.9 Å². The van der Waals surface area contributed by atoms with Crippen molar-refractivity contribution < 1.29 is 9.50 Å². The van der Waals surface area contributed by atoms with E-state index in [2.05, 4.69) is 22.9 Å². The quantitative estimate of drug-likeness (QED) is 0.848. The molecule has 3 atom stereocenters. The van der Waals surface area contributed by atoms with Crippen LogP contribution in [0.1, 0.15) is 44.6 Å². The lowest BCUT2D eigenvalue weighted by Crippen LogP contribution is -2.30. The summed E-state index contributed by atoms with van der Waals surface area (Å²) in [6.45, 7) is 2.20. The molecule has 106 valence electrons. The maximum Gasteiger partial charge on any atom is 0.126 e. The van der Waals surface area contributed by atoms with Gasteiger partial charge in [0.2, 0.25) is 0 Å². The zero-order chi connectivity index (χ0) is 13.8. The molecule has 0 aliphatic heterocycles. The van der Waals surface area contributed by atoms with Gasteiger partial charge in [0, 0.05) is 4.47 Å². The minimum absolute atomic E-state index is 0.159. The van der Waals surface area contributed by atoms with Crippen molar-refractivity contribution in [2.45, 2.75) is 51.6 Å². The first-order valence-corrected chi connectivity index (χ1v) is 8.01. The van der Waals surface area contributed by atoms with E-state index in [1.54, 1.807) is 6.07 Å². The van der Waals surface area contributed by atoms with E-state index in [-0.39, 0.29) is 17.8 Å². The van der Waals surface area contributed by atoms with Gasteiger partial charge in [-0.2, -0.15) is 0 Å². The Morgan fingerprint density at radius 1 is 1.37 bits per heavy atom. The minimum Gasteiger partial charge on any atom is -0.393 e. The van der Waals surface area contributed by atoms with E-state index in [9.17, 15) is 9.50 Å². The fourth-order valence-electron chi connectivity index (χ4n) is 3.22. The Hall–Kier alpha value is -0.410. The Morgan fingerprint density at radius 3 is 2.89 bits per heavy atom. The summed E-state index contributed by atoms with van der Waals surface area (Å²) in [5, 5.41) is 10.1. The minimum atomic E-state index is -0.272. The highest BCUT2D eigenvalue weighted by molar-refractivity contribution is 9.10. The maximum atomic E-state index is 13.8. The fraction of sp³-hybridized carbons (Fsp3) is 0.625. The molecule has 0 radical (unpaired) electrons. The van der Waals surface area contributed by atoms with E-state index >= 15 is 0 Å². The lowest BCUT2D eigenvalue weighted by molar-refractivity contribution is 0.0459. The van der Waals surface area contributed by atoms with Gasteiger partial charge in [-0.1, -0.05) is 35.7 Å². The molecule has 1 aliphatic rings. The number of benzene rings is 1. The van der Waals surface area contributed by atoms with Crippen LogP contribution in [0.15, 0.2) is 22.7 Å². The molecule has 0 bridgehead atoms. The van der Waals surface area contributed by atoms with E-state index in [0.29, 0.717) is 12.3 Å². The molecule has 1 aromatic carbocycles. The first-order valence-electron chi connectivity index (χ1n) is 7.22. The van der Waals surface area contributed by atoms with Crippen molar-refractivity contribution in [2.75, 3.05) is 0 Å². The number of aliphatic hydroxyl groups excluding tert-OH is 1. The molecule has 1 N–H and O–H groups in total. The Kier molecular flexibility index (Phi) is 5.40. The van der Waals surface area contributed by atoms with E-state index in [0.717, 1.165) is 29.3 Å². The summed E-state index contributed by atoms with van der Waals surface area (Å²) in [6.07, 6.45) is 5.81. The molecule has 1 nitrogen and oxygen atoms in total.